The molecule has 0 saturated heterocycles. The van der Waals surface area contributed by atoms with E-state index in [0.717, 1.165) is 16.9 Å². The predicted molar refractivity (Wildman–Crippen MR) is 99.3 cm³/mol. The maximum Gasteiger partial charge on any atom is 0.210 e. The lowest BCUT2D eigenvalue weighted by Crippen LogP contribution is -2.11. The van der Waals surface area contributed by atoms with Gasteiger partial charge >= 0.3 is 0 Å². The molecule has 0 aliphatic rings. The number of nitrogen functional groups attached to an aromatic ring is 1. The van der Waals surface area contributed by atoms with Crippen molar-refractivity contribution in [1.82, 2.24) is 14.9 Å². The number of methoxy groups -OCH3 is 1. The third-order valence-corrected chi connectivity index (χ3v) is 4.69. The summed E-state index contributed by atoms with van der Waals surface area (Å²) in [5.41, 5.74) is 1.64. The van der Waals surface area contributed by atoms with Crippen LogP contribution in [-0.4, -0.2) is 28.6 Å². The number of aromatic nitrogens is 3. The lowest BCUT2D eigenvalue weighted by atomic mass is 10.2. The Labute approximate surface area is 155 Å². The Morgan fingerprint density at radius 1 is 1.15 bits per heavy atom. The third kappa shape index (κ3) is 3.91. The van der Waals surface area contributed by atoms with Gasteiger partial charge in [-0.15, -0.1) is 10.2 Å². The van der Waals surface area contributed by atoms with Gasteiger partial charge in [0.15, 0.2) is 17.4 Å². The zero-order valence-corrected chi connectivity index (χ0v) is 15.3. The molecule has 2 N–H and O–H groups in total. The lowest BCUT2D eigenvalue weighted by molar-refractivity contribution is 0.340. The summed E-state index contributed by atoms with van der Waals surface area (Å²) in [6, 6.07) is 12.3. The molecule has 0 amide bonds. The minimum absolute atomic E-state index is 0.221. The molecule has 1 heterocycles. The molecule has 0 unspecified atom stereocenters. The fourth-order valence-electron chi connectivity index (χ4n) is 2.39. The number of nitrogens with two attached hydrogens (primary N) is 1. The van der Waals surface area contributed by atoms with E-state index in [0.29, 0.717) is 23.3 Å². The zero-order valence-electron chi connectivity index (χ0n) is 14.5. The normalized spacial score (nSPS) is 10.7. The number of nitrogens with zero attached hydrogens (tertiary/aromatic N) is 3. The molecular weight excluding hydrogens is 355 g/mol. The summed E-state index contributed by atoms with van der Waals surface area (Å²) in [5.74, 6) is 7.80. The zero-order chi connectivity index (χ0) is 18.5. The number of rotatable bonds is 7. The van der Waals surface area contributed by atoms with Gasteiger partial charge in [0.1, 0.15) is 5.75 Å². The van der Waals surface area contributed by atoms with Crippen LogP contribution in [-0.2, 0) is 5.75 Å². The molecule has 0 fully saturated rings. The number of halogens is 1. The van der Waals surface area contributed by atoms with Gasteiger partial charge in [0.25, 0.3) is 0 Å². The highest BCUT2D eigenvalue weighted by Crippen LogP contribution is 2.27. The van der Waals surface area contributed by atoms with Crippen molar-refractivity contribution < 1.29 is 13.9 Å². The van der Waals surface area contributed by atoms with Crippen molar-refractivity contribution in [2.45, 2.75) is 17.8 Å². The van der Waals surface area contributed by atoms with E-state index in [2.05, 4.69) is 10.2 Å². The van der Waals surface area contributed by atoms with E-state index in [9.17, 15) is 4.39 Å². The first-order valence-corrected chi connectivity index (χ1v) is 9.00. The molecule has 136 valence electrons. The van der Waals surface area contributed by atoms with Gasteiger partial charge in [-0.2, -0.15) is 0 Å². The van der Waals surface area contributed by atoms with Crippen LogP contribution in [0.2, 0.25) is 0 Å². The Hall–Kier alpha value is -2.74. The molecular formula is C18H19FN4O2S. The third-order valence-electron chi connectivity index (χ3n) is 3.67. The van der Waals surface area contributed by atoms with E-state index in [4.69, 9.17) is 15.3 Å². The average Bonchev–Trinajstić information content (AvgIpc) is 3.02. The van der Waals surface area contributed by atoms with Crippen molar-refractivity contribution in [2.75, 3.05) is 19.6 Å². The molecule has 8 heteroatoms. The molecule has 3 rings (SSSR count). The summed E-state index contributed by atoms with van der Waals surface area (Å²) in [7, 11) is 1.44. The van der Waals surface area contributed by atoms with Gasteiger partial charge in [0.2, 0.25) is 5.16 Å². The molecule has 0 aliphatic carbocycles. The molecule has 0 bridgehead atoms. The Balaban J connectivity index is 1.71. The summed E-state index contributed by atoms with van der Waals surface area (Å²) in [6.07, 6.45) is 0. The maximum absolute atomic E-state index is 13.8. The monoisotopic (exact) mass is 374 g/mol. The Morgan fingerprint density at radius 3 is 2.58 bits per heavy atom. The highest BCUT2D eigenvalue weighted by molar-refractivity contribution is 7.98. The van der Waals surface area contributed by atoms with Gasteiger partial charge in [0.05, 0.1) is 13.7 Å². The van der Waals surface area contributed by atoms with Crippen LogP contribution in [0.3, 0.4) is 0 Å². The fourth-order valence-corrected chi connectivity index (χ4v) is 3.19. The van der Waals surface area contributed by atoms with Crippen LogP contribution in [0.25, 0.3) is 11.4 Å². The minimum Gasteiger partial charge on any atom is -0.494 e. The van der Waals surface area contributed by atoms with Crippen LogP contribution in [0.1, 0.15) is 12.5 Å². The van der Waals surface area contributed by atoms with Gasteiger partial charge in [-0.1, -0.05) is 17.8 Å². The van der Waals surface area contributed by atoms with Gasteiger partial charge in [-0.05, 0) is 48.9 Å². The molecule has 26 heavy (non-hydrogen) atoms. The molecule has 0 spiro atoms. The molecule has 0 saturated carbocycles. The highest BCUT2D eigenvalue weighted by atomic mass is 32.2. The van der Waals surface area contributed by atoms with Crippen LogP contribution in [0.4, 0.5) is 4.39 Å². The Bertz CT molecular complexity index is 883. The van der Waals surface area contributed by atoms with E-state index in [-0.39, 0.29) is 5.75 Å². The van der Waals surface area contributed by atoms with Crippen LogP contribution in [0.5, 0.6) is 11.5 Å². The molecule has 3 aromatic rings. The summed E-state index contributed by atoms with van der Waals surface area (Å²) in [4.78, 5) is 0. The summed E-state index contributed by atoms with van der Waals surface area (Å²) >= 11 is 1.38. The Morgan fingerprint density at radius 2 is 1.92 bits per heavy atom. The standard InChI is InChI=1S/C18H19FN4O2S/c1-3-25-14-7-5-13(6-8-14)17-21-22-18(23(17)20)26-11-12-4-9-16(24-2)15(19)10-12/h4-10H,3,11,20H2,1-2H3. The average molecular weight is 374 g/mol. The molecule has 0 atom stereocenters. The second-order valence-corrected chi connectivity index (χ2v) is 6.33. The van der Waals surface area contributed by atoms with Crippen LogP contribution in [0, 0.1) is 5.82 Å². The fraction of sp³-hybridized carbons (Fsp3) is 0.222. The highest BCUT2D eigenvalue weighted by Gasteiger charge is 2.13. The van der Waals surface area contributed by atoms with Gasteiger partial charge in [-0.25, -0.2) is 9.07 Å². The molecule has 0 aliphatic heterocycles. The van der Waals surface area contributed by atoms with Crippen molar-refractivity contribution in [1.29, 1.82) is 0 Å². The topological polar surface area (TPSA) is 75.2 Å². The van der Waals surface area contributed by atoms with E-state index in [1.165, 1.54) is 29.6 Å². The van der Waals surface area contributed by atoms with Crippen molar-refractivity contribution >= 4 is 11.8 Å². The van der Waals surface area contributed by atoms with Crippen LogP contribution < -0.4 is 15.3 Å². The summed E-state index contributed by atoms with van der Waals surface area (Å²) in [6.45, 7) is 2.54. The first kappa shape index (κ1) is 18.1. The lowest BCUT2D eigenvalue weighted by Gasteiger charge is -2.06. The quantitative estimate of drug-likeness (QED) is 0.504. The number of hydrogen-bond donors (Lipinski definition) is 1. The van der Waals surface area contributed by atoms with E-state index in [1.807, 2.05) is 31.2 Å². The molecule has 2 aromatic carbocycles. The van der Waals surface area contributed by atoms with Crippen molar-refractivity contribution in [3.8, 4) is 22.9 Å². The SMILES string of the molecule is CCOc1ccc(-c2nnc(SCc3ccc(OC)c(F)c3)n2N)cc1. The summed E-state index contributed by atoms with van der Waals surface area (Å²) in [5, 5.41) is 8.82. The Kier molecular flexibility index (Phi) is 5.62. The first-order chi connectivity index (χ1) is 12.6. The molecule has 1 aromatic heterocycles. The van der Waals surface area contributed by atoms with Crippen molar-refractivity contribution in [3.05, 3.63) is 53.8 Å². The minimum atomic E-state index is -0.394. The molecule has 6 nitrogen and oxygen atoms in total. The van der Waals surface area contributed by atoms with Gasteiger partial charge in [0, 0.05) is 11.3 Å². The second-order valence-electron chi connectivity index (χ2n) is 5.39. The largest absolute Gasteiger partial charge is 0.494 e. The number of hydrogen-bond acceptors (Lipinski definition) is 6. The summed E-state index contributed by atoms with van der Waals surface area (Å²) < 4.78 is 25.5. The first-order valence-electron chi connectivity index (χ1n) is 8.01. The number of thioether (sulfide) groups is 1. The van der Waals surface area contributed by atoms with Crippen LogP contribution >= 0.6 is 11.8 Å². The van der Waals surface area contributed by atoms with Gasteiger partial charge in [-0.3, -0.25) is 0 Å². The van der Waals surface area contributed by atoms with Crippen molar-refractivity contribution in [2.24, 2.45) is 0 Å². The number of ether oxygens (including phenoxy) is 2. The maximum atomic E-state index is 13.8. The van der Waals surface area contributed by atoms with Crippen molar-refractivity contribution in [3.63, 3.8) is 0 Å². The van der Waals surface area contributed by atoms with E-state index >= 15 is 0 Å². The van der Waals surface area contributed by atoms with Gasteiger partial charge < -0.3 is 15.3 Å². The van der Waals surface area contributed by atoms with Crippen LogP contribution in [0.15, 0.2) is 47.6 Å². The predicted octanol–water partition coefficient (Wildman–Crippen LogP) is 3.50. The van der Waals surface area contributed by atoms with E-state index < -0.39 is 5.82 Å². The van der Waals surface area contributed by atoms with E-state index in [1.54, 1.807) is 12.1 Å². The number of benzene rings is 2. The molecule has 0 radical (unpaired) electrons. The second kappa shape index (κ2) is 8.09. The smallest absolute Gasteiger partial charge is 0.210 e.